The molecule has 0 spiro atoms. The molecule has 0 aliphatic rings. The summed E-state index contributed by atoms with van der Waals surface area (Å²) in [6.07, 6.45) is 6.84. The van der Waals surface area contributed by atoms with E-state index in [1.165, 1.54) is 0 Å². The highest BCUT2D eigenvalue weighted by atomic mass is 32.1. The predicted molar refractivity (Wildman–Crippen MR) is 69.7 cm³/mol. The Morgan fingerprint density at radius 2 is 2.29 bits per heavy atom. The van der Waals surface area contributed by atoms with Gasteiger partial charge in [0, 0.05) is 31.2 Å². The van der Waals surface area contributed by atoms with E-state index in [2.05, 4.69) is 20.1 Å². The summed E-state index contributed by atoms with van der Waals surface area (Å²) < 4.78 is 0.436. The third kappa shape index (κ3) is 3.18. The van der Waals surface area contributed by atoms with E-state index in [9.17, 15) is 0 Å². The summed E-state index contributed by atoms with van der Waals surface area (Å²) >= 11 is 4.94. The normalized spacial score (nSPS) is 10.6. The van der Waals surface area contributed by atoms with Crippen molar-refractivity contribution in [2.24, 2.45) is 5.10 Å². The van der Waals surface area contributed by atoms with Gasteiger partial charge in [0.25, 0.3) is 0 Å². The van der Waals surface area contributed by atoms with Gasteiger partial charge in [-0.2, -0.15) is 5.10 Å². The van der Waals surface area contributed by atoms with Crippen LogP contribution in [0.1, 0.15) is 5.56 Å². The van der Waals surface area contributed by atoms with Crippen molar-refractivity contribution in [2.75, 3.05) is 12.1 Å². The van der Waals surface area contributed by atoms with Crippen LogP contribution in [-0.4, -0.2) is 28.2 Å². The van der Waals surface area contributed by atoms with Gasteiger partial charge in [-0.25, -0.2) is 4.98 Å². The number of H-pyrrole nitrogens is 1. The molecule has 2 heterocycles. The molecule has 17 heavy (non-hydrogen) atoms. The topological polar surface area (TPSA) is 57.2 Å². The van der Waals surface area contributed by atoms with Crippen molar-refractivity contribution in [3.05, 3.63) is 47.1 Å². The Balaban J connectivity index is 2.14. The maximum Gasteiger partial charge on any atom is 0.198 e. The highest BCUT2D eigenvalue weighted by molar-refractivity contribution is 7.71. The number of pyridine rings is 1. The molecule has 2 rings (SSSR count). The molecule has 0 saturated heterocycles. The van der Waals surface area contributed by atoms with Gasteiger partial charge in [0.15, 0.2) is 4.77 Å². The number of rotatable bonds is 3. The lowest BCUT2D eigenvalue weighted by molar-refractivity contribution is 0.960. The van der Waals surface area contributed by atoms with Gasteiger partial charge in [-0.05, 0) is 24.4 Å². The van der Waals surface area contributed by atoms with E-state index in [0.717, 1.165) is 11.4 Å². The molecule has 86 valence electrons. The summed E-state index contributed by atoms with van der Waals surface area (Å²) in [6, 6.07) is 5.59. The van der Waals surface area contributed by atoms with Crippen molar-refractivity contribution in [1.82, 2.24) is 15.0 Å². The molecule has 0 aliphatic heterocycles. The fourth-order valence-corrected chi connectivity index (χ4v) is 1.38. The molecule has 0 radical (unpaired) electrons. The van der Waals surface area contributed by atoms with Crippen LogP contribution in [0.3, 0.4) is 0 Å². The van der Waals surface area contributed by atoms with E-state index < -0.39 is 0 Å². The number of anilines is 1. The van der Waals surface area contributed by atoms with Crippen LogP contribution in [-0.2, 0) is 0 Å². The lowest BCUT2D eigenvalue weighted by atomic mass is 10.3. The van der Waals surface area contributed by atoms with Crippen LogP contribution in [0.2, 0.25) is 0 Å². The van der Waals surface area contributed by atoms with Crippen LogP contribution >= 0.6 is 12.2 Å². The summed E-state index contributed by atoms with van der Waals surface area (Å²) in [4.78, 5) is 10.9. The van der Waals surface area contributed by atoms with Crippen molar-refractivity contribution in [3.8, 4) is 0 Å². The predicted octanol–water partition coefficient (Wildman–Crippen LogP) is 2.00. The summed E-state index contributed by atoms with van der Waals surface area (Å²) in [5.41, 5.74) is 0.937. The van der Waals surface area contributed by atoms with Gasteiger partial charge < -0.3 is 4.98 Å². The van der Waals surface area contributed by atoms with Crippen molar-refractivity contribution in [3.63, 3.8) is 0 Å². The molecule has 2 aromatic heterocycles. The van der Waals surface area contributed by atoms with Crippen LogP contribution < -0.4 is 5.01 Å². The Morgan fingerprint density at radius 1 is 1.41 bits per heavy atom. The first-order valence-corrected chi connectivity index (χ1v) is 5.39. The Hall–Kier alpha value is -2.08. The molecular weight excluding hydrogens is 234 g/mol. The Morgan fingerprint density at radius 3 is 3.00 bits per heavy atom. The minimum Gasteiger partial charge on any atom is -0.316 e. The molecule has 6 heteroatoms. The molecule has 0 atom stereocenters. The molecular formula is C11H11N5S. The molecule has 5 nitrogen and oxygen atoms in total. The van der Waals surface area contributed by atoms with Crippen LogP contribution in [0.15, 0.2) is 41.9 Å². The van der Waals surface area contributed by atoms with Crippen LogP contribution in [0.25, 0.3) is 0 Å². The van der Waals surface area contributed by atoms with Crippen LogP contribution in [0.5, 0.6) is 0 Å². The number of hydrazone groups is 1. The van der Waals surface area contributed by atoms with Gasteiger partial charge in [0.05, 0.1) is 6.21 Å². The highest BCUT2D eigenvalue weighted by Crippen LogP contribution is 2.06. The van der Waals surface area contributed by atoms with Crippen molar-refractivity contribution >= 4 is 24.3 Å². The second kappa shape index (κ2) is 5.31. The zero-order valence-corrected chi connectivity index (χ0v) is 10.1. The van der Waals surface area contributed by atoms with E-state index in [-0.39, 0.29) is 0 Å². The first kappa shape index (κ1) is 11.4. The summed E-state index contributed by atoms with van der Waals surface area (Å²) in [5, 5.41) is 5.95. The standard InChI is InChI=1S/C11H11N5S/c1-16(10-4-6-13-11(17)15-10)14-8-9-3-2-5-12-7-9/h2-8H,1H3,(H,13,15,17)/b14-8-. The lowest BCUT2D eigenvalue weighted by Gasteiger charge is -2.11. The summed E-state index contributed by atoms with van der Waals surface area (Å²) in [7, 11) is 1.83. The van der Waals surface area contributed by atoms with Crippen molar-refractivity contribution < 1.29 is 0 Å². The maximum atomic E-state index is 4.94. The average Bonchev–Trinajstić information content (AvgIpc) is 2.37. The number of aromatic nitrogens is 3. The lowest BCUT2D eigenvalue weighted by Crippen LogP contribution is -2.10. The largest absolute Gasteiger partial charge is 0.316 e. The van der Waals surface area contributed by atoms with Crippen LogP contribution in [0.4, 0.5) is 5.82 Å². The van der Waals surface area contributed by atoms with Gasteiger partial charge in [0.1, 0.15) is 5.82 Å². The number of hydrogen-bond donors (Lipinski definition) is 1. The molecule has 0 aliphatic carbocycles. The zero-order chi connectivity index (χ0) is 12.1. The first-order chi connectivity index (χ1) is 8.25. The Labute approximate surface area is 104 Å². The quantitative estimate of drug-likeness (QED) is 0.510. The van der Waals surface area contributed by atoms with E-state index in [1.54, 1.807) is 35.9 Å². The van der Waals surface area contributed by atoms with Gasteiger partial charge in [0.2, 0.25) is 0 Å². The minimum atomic E-state index is 0.436. The third-order valence-electron chi connectivity index (χ3n) is 2.07. The fourth-order valence-electron chi connectivity index (χ4n) is 1.22. The summed E-state index contributed by atoms with van der Waals surface area (Å²) in [5.74, 6) is 0.783. The van der Waals surface area contributed by atoms with Crippen molar-refractivity contribution in [2.45, 2.75) is 0 Å². The first-order valence-electron chi connectivity index (χ1n) is 4.99. The monoisotopic (exact) mass is 245 g/mol. The SMILES string of the molecule is CN(/N=C\c1cccnc1)c1ccnc(=S)[nH]1. The van der Waals surface area contributed by atoms with E-state index >= 15 is 0 Å². The maximum absolute atomic E-state index is 4.94. The molecule has 0 fully saturated rings. The second-order valence-corrected chi connectivity index (χ2v) is 3.70. The highest BCUT2D eigenvalue weighted by Gasteiger charge is 1.97. The van der Waals surface area contributed by atoms with Crippen LogP contribution in [0, 0.1) is 4.77 Å². The fraction of sp³-hybridized carbons (Fsp3) is 0.0909. The smallest absolute Gasteiger partial charge is 0.198 e. The number of aromatic amines is 1. The second-order valence-electron chi connectivity index (χ2n) is 3.31. The number of nitrogens with one attached hydrogen (secondary N) is 1. The third-order valence-corrected chi connectivity index (χ3v) is 2.28. The number of hydrogen-bond acceptors (Lipinski definition) is 5. The van der Waals surface area contributed by atoms with Gasteiger partial charge in [-0.1, -0.05) is 6.07 Å². The Kier molecular flexibility index (Phi) is 3.56. The van der Waals surface area contributed by atoms with E-state index in [1.807, 2.05) is 19.2 Å². The van der Waals surface area contributed by atoms with E-state index in [0.29, 0.717) is 4.77 Å². The molecule has 0 amide bonds. The average molecular weight is 245 g/mol. The molecule has 0 aromatic carbocycles. The van der Waals surface area contributed by atoms with E-state index in [4.69, 9.17) is 12.2 Å². The zero-order valence-electron chi connectivity index (χ0n) is 9.24. The number of nitrogens with zero attached hydrogens (tertiary/aromatic N) is 4. The molecule has 1 N–H and O–H groups in total. The summed E-state index contributed by atoms with van der Waals surface area (Å²) in [6.45, 7) is 0. The molecule has 0 bridgehead atoms. The molecule has 2 aromatic rings. The molecule has 0 unspecified atom stereocenters. The Bertz CT molecular complexity index is 563. The molecule has 0 saturated carbocycles. The van der Waals surface area contributed by atoms with Crippen molar-refractivity contribution in [1.29, 1.82) is 0 Å². The minimum absolute atomic E-state index is 0.436. The van der Waals surface area contributed by atoms with Gasteiger partial charge in [-0.3, -0.25) is 9.99 Å². The van der Waals surface area contributed by atoms with Gasteiger partial charge >= 0.3 is 0 Å². The van der Waals surface area contributed by atoms with Gasteiger partial charge in [-0.15, -0.1) is 0 Å².